The average molecular weight is 398 g/mol. The lowest BCUT2D eigenvalue weighted by Gasteiger charge is -1.88. The van der Waals surface area contributed by atoms with Crippen molar-refractivity contribution in [2.75, 3.05) is 0 Å². The predicted octanol–water partition coefficient (Wildman–Crippen LogP) is 0.671. The van der Waals surface area contributed by atoms with Crippen molar-refractivity contribution in [2.24, 2.45) is 0 Å². The average Bonchev–Trinajstić information content (AvgIpc) is 2.25. The standard InChI is InChI=1S/C12H8F2I.BrH/c13-9-1-5-11(6-2-9)15-12-7-3-10(14)4-8-12;/h1-8H;1H/q+1;. The Morgan fingerprint density at radius 1 is 0.625 bits per heavy atom. The number of hydrogen-bond acceptors (Lipinski definition) is 0. The van der Waals surface area contributed by atoms with Crippen molar-refractivity contribution in [1.82, 2.24) is 0 Å². The summed E-state index contributed by atoms with van der Waals surface area (Å²) in [7, 11) is 0. The molecule has 0 aliphatic heterocycles. The van der Waals surface area contributed by atoms with Crippen LogP contribution in [0.2, 0.25) is 0 Å². The van der Waals surface area contributed by atoms with Crippen LogP contribution in [-0.2, 0) is 0 Å². The first-order chi connectivity index (χ1) is 7.24. The van der Waals surface area contributed by atoms with E-state index in [1.165, 1.54) is 24.3 Å². The molecule has 84 valence electrons. The van der Waals surface area contributed by atoms with E-state index in [2.05, 4.69) is 0 Å². The van der Waals surface area contributed by atoms with Crippen molar-refractivity contribution in [2.45, 2.75) is 0 Å². The van der Waals surface area contributed by atoms with Crippen LogP contribution in [0.15, 0.2) is 48.5 Å². The van der Waals surface area contributed by atoms with Crippen molar-refractivity contribution < 1.29 is 30.0 Å². The van der Waals surface area contributed by atoms with Crippen molar-refractivity contribution >= 4 is 17.0 Å². The highest BCUT2D eigenvalue weighted by Gasteiger charge is 2.14. The van der Waals surface area contributed by atoms with Crippen LogP contribution < -0.4 is 21.2 Å². The SMILES string of the molecule is Br.Fc1ccc([I+]c2ccc(F)cc2)cc1. The summed E-state index contributed by atoms with van der Waals surface area (Å²) in [5.74, 6) is -0.441. The highest BCUT2D eigenvalue weighted by Crippen LogP contribution is 1.95. The zero-order chi connectivity index (χ0) is 10.7. The van der Waals surface area contributed by atoms with Crippen LogP contribution in [0.25, 0.3) is 0 Å². The summed E-state index contributed by atoms with van der Waals surface area (Å²) in [6.07, 6.45) is 0. The molecule has 0 fully saturated rings. The summed E-state index contributed by atoms with van der Waals surface area (Å²) in [5.41, 5.74) is 0. The Hall–Kier alpha value is -0.490. The van der Waals surface area contributed by atoms with E-state index < -0.39 is 0 Å². The van der Waals surface area contributed by atoms with Crippen LogP contribution in [0.3, 0.4) is 0 Å². The third-order valence-electron chi connectivity index (χ3n) is 1.83. The molecule has 2 rings (SSSR count). The highest BCUT2D eigenvalue weighted by molar-refractivity contribution is 8.93. The molecule has 0 spiro atoms. The minimum absolute atomic E-state index is 0. The lowest BCUT2D eigenvalue weighted by Crippen LogP contribution is -3.61. The Balaban J connectivity index is 0.00000128. The van der Waals surface area contributed by atoms with E-state index in [0.717, 1.165) is 7.14 Å². The van der Waals surface area contributed by atoms with Gasteiger partial charge >= 0.3 is 21.2 Å². The van der Waals surface area contributed by atoms with Gasteiger partial charge in [-0.3, -0.25) is 0 Å². The number of hydrogen-bond donors (Lipinski definition) is 0. The maximum absolute atomic E-state index is 12.6. The van der Waals surface area contributed by atoms with Crippen LogP contribution in [-0.4, -0.2) is 0 Å². The lowest BCUT2D eigenvalue weighted by molar-refractivity contribution is -0.597. The van der Waals surface area contributed by atoms with E-state index in [1.807, 2.05) is 0 Å². The molecule has 0 nitrogen and oxygen atoms in total. The molecule has 0 aliphatic carbocycles. The fraction of sp³-hybridized carbons (Fsp3) is 0. The van der Waals surface area contributed by atoms with Gasteiger partial charge in [0.25, 0.3) is 0 Å². The Morgan fingerprint density at radius 2 is 0.938 bits per heavy atom. The summed E-state index contributed by atoms with van der Waals surface area (Å²) in [6, 6.07) is 13.0. The van der Waals surface area contributed by atoms with Gasteiger partial charge in [0.1, 0.15) is 11.6 Å². The largest absolute Gasteiger partial charge is 0.357 e. The van der Waals surface area contributed by atoms with E-state index in [0.29, 0.717) is 0 Å². The molecule has 0 amide bonds. The van der Waals surface area contributed by atoms with Gasteiger partial charge in [0.15, 0.2) is 7.14 Å². The molecule has 0 aliphatic rings. The summed E-state index contributed by atoms with van der Waals surface area (Å²) in [4.78, 5) is 0. The first-order valence-corrected chi connectivity index (χ1v) is 6.56. The molecule has 2 aromatic carbocycles. The second-order valence-corrected chi connectivity index (χ2v) is 6.00. The fourth-order valence-electron chi connectivity index (χ4n) is 1.11. The monoisotopic (exact) mass is 397 g/mol. The van der Waals surface area contributed by atoms with Gasteiger partial charge in [0.2, 0.25) is 0 Å². The molecule has 0 aromatic heterocycles. The molecule has 16 heavy (non-hydrogen) atoms. The Kier molecular flexibility index (Phi) is 5.34. The van der Waals surface area contributed by atoms with Gasteiger partial charge < -0.3 is 0 Å². The summed E-state index contributed by atoms with van der Waals surface area (Å²) in [5, 5.41) is 0. The molecule has 0 atom stereocenters. The van der Waals surface area contributed by atoms with Crippen LogP contribution in [0.1, 0.15) is 0 Å². The van der Waals surface area contributed by atoms with Gasteiger partial charge in [0.05, 0.1) is 0 Å². The van der Waals surface area contributed by atoms with Crippen LogP contribution in [0.5, 0.6) is 0 Å². The Bertz CT molecular complexity index is 396. The smallest absolute Gasteiger partial charge is 0.207 e. The molecule has 0 saturated carbocycles. The van der Waals surface area contributed by atoms with Gasteiger partial charge in [-0.2, -0.15) is 0 Å². The first-order valence-electron chi connectivity index (χ1n) is 4.40. The summed E-state index contributed by atoms with van der Waals surface area (Å²) >= 11 is -0.330. The predicted molar refractivity (Wildman–Crippen MR) is 60.5 cm³/mol. The fourth-order valence-corrected chi connectivity index (χ4v) is 3.27. The van der Waals surface area contributed by atoms with E-state index >= 15 is 0 Å². The van der Waals surface area contributed by atoms with Crippen LogP contribution in [0.4, 0.5) is 8.78 Å². The molecule has 0 unspecified atom stereocenters. The zero-order valence-electron chi connectivity index (χ0n) is 8.16. The molecule has 2 aromatic rings. The van der Waals surface area contributed by atoms with Gasteiger partial charge in [-0.25, -0.2) is 8.78 Å². The molecular formula is C12H9BrF2I+. The molecule has 4 heteroatoms. The van der Waals surface area contributed by atoms with E-state index in [1.54, 1.807) is 24.3 Å². The Labute approximate surface area is 114 Å². The maximum Gasteiger partial charge on any atom is 0.357 e. The topological polar surface area (TPSA) is 0 Å². The third-order valence-corrected chi connectivity index (χ3v) is 4.51. The Morgan fingerprint density at radius 3 is 1.25 bits per heavy atom. The zero-order valence-corrected chi connectivity index (χ0v) is 12.0. The maximum atomic E-state index is 12.6. The lowest BCUT2D eigenvalue weighted by atomic mass is 10.4. The van der Waals surface area contributed by atoms with Gasteiger partial charge in [-0.15, -0.1) is 17.0 Å². The van der Waals surface area contributed by atoms with Gasteiger partial charge in [-0.1, -0.05) is 0 Å². The minimum Gasteiger partial charge on any atom is -0.207 e. The minimum atomic E-state index is -0.330. The highest BCUT2D eigenvalue weighted by atomic mass is 127. The number of halogens is 4. The second-order valence-electron chi connectivity index (χ2n) is 2.97. The molecular weight excluding hydrogens is 389 g/mol. The summed E-state index contributed by atoms with van der Waals surface area (Å²) in [6.45, 7) is 0. The van der Waals surface area contributed by atoms with Crippen molar-refractivity contribution in [1.29, 1.82) is 0 Å². The van der Waals surface area contributed by atoms with Gasteiger partial charge in [0, 0.05) is 0 Å². The van der Waals surface area contributed by atoms with E-state index in [9.17, 15) is 8.78 Å². The number of rotatable bonds is 2. The quantitative estimate of drug-likeness (QED) is 0.653. The van der Waals surface area contributed by atoms with Crippen molar-refractivity contribution in [3.05, 3.63) is 67.3 Å². The molecule has 0 radical (unpaired) electrons. The van der Waals surface area contributed by atoms with Gasteiger partial charge in [-0.05, 0) is 48.5 Å². The molecule has 0 saturated heterocycles. The second kappa shape index (κ2) is 6.30. The van der Waals surface area contributed by atoms with Crippen molar-refractivity contribution in [3.8, 4) is 0 Å². The molecule has 0 bridgehead atoms. The van der Waals surface area contributed by atoms with E-state index in [4.69, 9.17) is 0 Å². The van der Waals surface area contributed by atoms with Crippen molar-refractivity contribution in [3.63, 3.8) is 0 Å². The first kappa shape index (κ1) is 13.6. The summed E-state index contributed by atoms with van der Waals surface area (Å²) < 4.78 is 27.5. The normalized spacial score (nSPS) is 9.62. The van der Waals surface area contributed by atoms with E-state index in [-0.39, 0.29) is 49.8 Å². The third kappa shape index (κ3) is 3.83. The molecule has 0 N–H and O–H groups in total. The van der Waals surface area contributed by atoms with Crippen LogP contribution >= 0.6 is 17.0 Å². The molecule has 0 heterocycles. The number of benzene rings is 2. The van der Waals surface area contributed by atoms with Crippen LogP contribution in [0, 0.1) is 18.8 Å².